The van der Waals surface area contributed by atoms with Crippen LogP contribution in [0.5, 0.6) is 0 Å². The fourth-order valence-corrected chi connectivity index (χ4v) is 1.03. The van der Waals surface area contributed by atoms with Crippen molar-refractivity contribution in [3.05, 3.63) is 12.3 Å². The van der Waals surface area contributed by atoms with Crippen LogP contribution in [0.25, 0.3) is 0 Å². The fraction of sp³-hybridized carbons (Fsp3) is 0.500. The molecule has 0 aromatic carbocycles. The molecular weight excluding hydrogens is 166 g/mol. The van der Waals surface area contributed by atoms with E-state index in [9.17, 15) is 0 Å². The summed E-state index contributed by atoms with van der Waals surface area (Å²) in [5, 5.41) is 4.14. The number of hydrogen-bond donors (Lipinski definition) is 2. The SMILES string of the molecule is CC(C)(C)n1nccc1N=C(N)N. The summed E-state index contributed by atoms with van der Waals surface area (Å²) in [7, 11) is 0. The highest BCUT2D eigenvalue weighted by Crippen LogP contribution is 2.20. The van der Waals surface area contributed by atoms with Crippen molar-refractivity contribution in [3.8, 4) is 0 Å². The summed E-state index contributed by atoms with van der Waals surface area (Å²) in [6, 6.07) is 1.77. The van der Waals surface area contributed by atoms with Crippen LogP contribution < -0.4 is 11.5 Å². The average Bonchev–Trinajstić information content (AvgIpc) is 2.31. The van der Waals surface area contributed by atoms with Gasteiger partial charge in [-0.15, -0.1) is 0 Å². The minimum atomic E-state index is -0.113. The van der Waals surface area contributed by atoms with E-state index in [0.29, 0.717) is 5.82 Å². The molecule has 13 heavy (non-hydrogen) atoms. The lowest BCUT2D eigenvalue weighted by Gasteiger charge is -2.20. The Kier molecular flexibility index (Phi) is 2.27. The smallest absolute Gasteiger partial charge is 0.192 e. The predicted octanol–water partition coefficient (Wildman–Crippen LogP) is 0.543. The van der Waals surface area contributed by atoms with E-state index in [0.717, 1.165) is 0 Å². The maximum Gasteiger partial charge on any atom is 0.192 e. The quantitative estimate of drug-likeness (QED) is 0.490. The van der Waals surface area contributed by atoms with Crippen molar-refractivity contribution in [3.63, 3.8) is 0 Å². The van der Waals surface area contributed by atoms with E-state index in [1.165, 1.54) is 0 Å². The number of aromatic nitrogens is 2. The lowest BCUT2D eigenvalue weighted by molar-refractivity contribution is 0.359. The van der Waals surface area contributed by atoms with Crippen LogP contribution in [0.2, 0.25) is 0 Å². The van der Waals surface area contributed by atoms with E-state index in [1.54, 1.807) is 16.9 Å². The fourth-order valence-electron chi connectivity index (χ4n) is 1.03. The van der Waals surface area contributed by atoms with Crippen LogP contribution in [0.1, 0.15) is 20.8 Å². The molecule has 0 atom stereocenters. The molecule has 0 saturated carbocycles. The summed E-state index contributed by atoms with van der Waals surface area (Å²) < 4.78 is 1.77. The zero-order chi connectivity index (χ0) is 10.1. The summed E-state index contributed by atoms with van der Waals surface area (Å²) in [6.07, 6.45) is 1.67. The molecule has 5 nitrogen and oxygen atoms in total. The number of guanidine groups is 1. The molecule has 5 heteroatoms. The van der Waals surface area contributed by atoms with Crippen molar-refractivity contribution in [2.75, 3.05) is 0 Å². The van der Waals surface area contributed by atoms with Crippen molar-refractivity contribution >= 4 is 11.8 Å². The normalized spacial score (nSPS) is 11.3. The van der Waals surface area contributed by atoms with Gasteiger partial charge in [-0.3, -0.25) is 0 Å². The lowest BCUT2D eigenvalue weighted by Crippen LogP contribution is -2.25. The predicted molar refractivity (Wildman–Crippen MR) is 52.7 cm³/mol. The van der Waals surface area contributed by atoms with Crippen LogP contribution in [-0.4, -0.2) is 15.7 Å². The molecule has 0 bridgehead atoms. The van der Waals surface area contributed by atoms with Crippen molar-refractivity contribution in [1.82, 2.24) is 9.78 Å². The van der Waals surface area contributed by atoms with Crippen molar-refractivity contribution < 1.29 is 0 Å². The highest BCUT2D eigenvalue weighted by molar-refractivity contribution is 5.78. The first-order chi connectivity index (χ1) is 5.91. The van der Waals surface area contributed by atoms with Crippen molar-refractivity contribution in [2.45, 2.75) is 26.3 Å². The maximum absolute atomic E-state index is 5.28. The molecule has 0 aliphatic rings. The number of rotatable bonds is 1. The van der Waals surface area contributed by atoms with Gasteiger partial charge in [0.25, 0.3) is 0 Å². The highest BCUT2D eigenvalue weighted by atomic mass is 15.3. The molecule has 1 rings (SSSR count). The van der Waals surface area contributed by atoms with Gasteiger partial charge in [-0.05, 0) is 20.8 Å². The maximum atomic E-state index is 5.28. The molecule has 4 N–H and O–H groups in total. The second kappa shape index (κ2) is 3.08. The monoisotopic (exact) mass is 181 g/mol. The lowest BCUT2D eigenvalue weighted by atomic mass is 10.1. The standard InChI is InChI=1S/C8H15N5/c1-8(2,3)13-6(4-5-11-13)12-7(9)10/h4-5H,1-3H3,(H4,9,10,12). The Labute approximate surface area is 77.4 Å². The van der Waals surface area contributed by atoms with Gasteiger partial charge in [0.1, 0.15) is 0 Å². The summed E-state index contributed by atoms with van der Waals surface area (Å²) >= 11 is 0. The Balaban J connectivity index is 3.11. The van der Waals surface area contributed by atoms with Crippen LogP contribution in [0.3, 0.4) is 0 Å². The summed E-state index contributed by atoms with van der Waals surface area (Å²) in [6.45, 7) is 6.10. The minimum Gasteiger partial charge on any atom is -0.370 e. The third kappa shape index (κ3) is 2.21. The van der Waals surface area contributed by atoms with Crippen molar-refractivity contribution in [1.29, 1.82) is 0 Å². The molecule has 1 aromatic rings. The van der Waals surface area contributed by atoms with E-state index >= 15 is 0 Å². The summed E-state index contributed by atoms with van der Waals surface area (Å²) in [4.78, 5) is 3.96. The highest BCUT2D eigenvalue weighted by Gasteiger charge is 2.16. The van der Waals surface area contributed by atoms with E-state index in [-0.39, 0.29) is 11.5 Å². The number of nitrogens with zero attached hydrogens (tertiary/aromatic N) is 3. The molecule has 1 aromatic heterocycles. The molecule has 1 heterocycles. The van der Waals surface area contributed by atoms with Gasteiger partial charge in [-0.2, -0.15) is 10.1 Å². The average molecular weight is 181 g/mol. The summed E-state index contributed by atoms with van der Waals surface area (Å²) in [5.74, 6) is 0.721. The molecule has 0 amide bonds. The first kappa shape index (κ1) is 9.57. The summed E-state index contributed by atoms with van der Waals surface area (Å²) in [5.41, 5.74) is 10.5. The van der Waals surface area contributed by atoms with Crippen molar-refractivity contribution in [2.24, 2.45) is 16.5 Å². The third-order valence-electron chi connectivity index (χ3n) is 1.50. The molecule has 0 unspecified atom stereocenters. The Bertz CT molecular complexity index is 314. The van der Waals surface area contributed by atoms with Crippen LogP contribution in [0, 0.1) is 0 Å². The Hall–Kier alpha value is -1.52. The number of aliphatic imine (C=N–C) groups is 1. The van der Waals surface area contributed by atoms with Crippen LogP contribution in [0.15, 0.2) is 17.3 Å². The van der Waals surface area contributed by atoms with E-state index < -0.39 is 0 Å². The molecule has 0 radical (unpaired) electrons. The second-order valence-corrected chi connectivity index (χ2v) is 3.81. The van der Waals surface area contributed by atoms with E-state index in [2.05, 4.69) is 10.1 Å². The Morgan fingerprint density at radius 2 is 2.08 bits per heavy atom. The van der Waals surface area contributed by atoms with Gasteiger partial charge in [-0.25, -0.2) is 4.68 Å². The Morgan fingerprint density at radius 3 is 2.54 bits per heavy atom. The second-order valence-electron chi connectivity index (χ2n) is 3.81. The van der Waals surface area contributed by atoms with Gasteiger partial charge < -0.3 is 11.5 Å². The molecule has 0 saturated heterocycles. The van der Waals surface area contributed by atoms with Crippen LogP contribution in [0.4, 0.5) is 5.82 Å². The topological polar surface area (TPSA) is 82.2 Å². The first-order valence-electron chi connectivity index (χ1n) is 4.05. The van der Waals surface area contributed by atoms with Gasteiger partial charge in [0, 0.05) is 6.07 Å². The van der Waals surface area contributed by atoms with Gasteiger partial charge >= 0.3 is 0 Å². The van der Waals surface area contributed by atoms with E-state index in [1.807, 2.05) is 20.8 Å². The van der Waals surface area contributed by atoms with Gasteiger partial charge in [0.15, 0.2) is 11.8 Å². The van der Waals surface area contributed by atoms with Gasteiger partial charge in [0.05, 0.1) is 11.7 Å². The van der Waals surface area contributed by atoms with Gasteiger partial charge in [0.2, 0.25) is 0 Å². The molecule has 0 aliphatic carbocycles. The van der Waals surface area contributed by atoms with Crippen LogP contribution in [-0.2, 0) is 5.54 Å². The third-order valence-corrected chi connectivity index (χ3v) is 1.50. The molecule has 0 aliphatic heterocycles. The zero-order valence-electron chi connectivity index (χ0n) is 8.15. The first-order valence-corrected chi connectivity index (χ1v) is 4.05. The minimum absolute atomic E-state index is 0.0472. The molecule has 0 fully saturated rings. The van der Waals surface area contributed by atoms with E-state index in [4.69, 9.17) is 11.5 Å². The van der Waals surface area contributed by atoms with Crippen LogP contribution >= 0.6 is 0 Å². The molecular formula is C8H15N5. The largest absolute Gasteiger partial charge is 0.370 e. The zero-order valence-corrected chi connectivity index (χ0v) is 8.15. The number of nitrogens with two attached hydrogens (primary N) is 2. The molecule has 72 valence electrons. The number of hydrogen-bond acceptors (Lipinski definition) is 2. The van der Waals surface area contributed by atoms with Gasteiger partial charge in [-0.1, -0.05) is 0 Å². The molecule has 0 spiro atoms. The Morgan fingerprint density at radius 1 is 1.46 bits per heavy atom.